The van der Waals surface area contributed by atoms with Gasteiger partial charge in [0.25, 0.3) is 0 Å². The average Bonchev–Trinajstić information content (AvgIpc) is 2.38. The highest BCUT2D eigenvalue weighted by Gasteiger charge is 2.04. The van der Waals surface area contributed by atoms with Crippen molar-refractivity contribution >= 4 is 5.82 Å². The molecule has 0 radical (unpaired) electrons. The third-order valence-corrected chi connectivity index (χ3v) is 2.39. The number of hydrogen-bond donors (Lipinski definition) is 1. The largest absolute Gasteiger partial charge is 0.489 e. The van der Waals surface area contributed by atoms with Crippen LogP contribution in [-0.2, 0) is 0 Å². The highest BCUT2D eigenvalue weighted by molar-refractivity contribution is 5.61. The molecule has 0 amide bonds. The zero-order valence-electron chi connectivity index (χ0n) is 10.8. The Hall–Kier alpha value is -2.10. The maximum Gasteiger partial charge on any atom is 0.138 e. The van der Waals surface area contributed by atoms with Crippen LogP contribution in [0.25, 0.3) is 11.3 Å². The molecule has 0 saturated heterocycles. The van der Waals surface area contributed by atoms with Crippen molar-refractivity contribution in [2.45, 2.75) is 20.0 Å². The molecule has 2 aromatic heterocycles. The molecule has 0 saturated carbocycles. The smallest absolute Gasteiger partial charge is 0.138 e. The second-order valence-corrected chi connectivity index (χ2v) is 4.23. The van der Waals surface area contributed by atoms with Crippen LogP contribution >= 0.6 is 0 Å². The molecule has 0 aliphatic heterocycles. The molecule has 4 nitrogen and oxygen atoms in total. The van der Waals surface area contributed by atoms with Crippen LogP contribution < -0.4 is 10.1 Å². The molecular formula is C14H17N3O. The van der Waals surface area contributed by atoms with Gasteiger partial charge in [-0.2, -0.15) is 0 Å². The van der Waals surface area contributed by atoms with E-state index in [-0.39, 0.29) is 6.10 Å². The molecule has 0 aromatic carbocycles. The van der Waals surface area contributed by atoms with E-state index >= 15 is 0 Å². The fourth-order valence-electron chi connectivity index (χ4n) is 1.63. The molecule has 0 unspecified atom stereocenters. The van der Waals surface area contributed by atoms with Gasteiger partial charge in [0.05, 0.1) is 18.0 Å². The Kier molecular flexibility index (Phi) is 3.77. The number of ether oxygens (including phenoxy) is 1. The van der Waals surface area contributed by atoms with Crippen LogP contribution in [0.3, 0.4) is 0 Å². The summed E-state index contributed by atoms with van der Waals surface area (Å²) < 4.78 is 5.63. The number of nitrogens with zero attached hydrogens (tertiary/aromatic N) is 2. The van der Waals surface area contributed by atoms with Crippen molar-refractivity contribution in [1.82, 2.24) is 9.97 Å². The van der Waals surface area contributed by atoms with E-state index in [0.29, 0.717) is 0 Å². The minimum Gasteiger partial charge on any atom is -0.489 e. The molecule has 2 aromatic rings. The molecule has 2 heterocycles. The van der Waals surface area contributed by atoms with Crippen LogP contribution in [0.1, 0.15) is 13.8 Å². The van der Waals surface area contributed by atoms with Gasteiger partial charge in [0.1, 0.15) is 11.6 Å². The summed E-state index contributed by atoms with van der Waals surface area (Å²) in [6, 6.07) is 7.79. The first-order chi connectivity index (χ1) is 8.69. The Bertz CT molecular complexity index is 526. The summed E-state index contributed by atoms with van der Waals surface area (Å²) >= 11 is 0. The minimum absolute atomic E-state index is 0.138. The monoisotopic (exact) mass is 243 g/mol. The molecule has 0 aliphatic rings. The van der Waals surface area contributed by atoms with Gasteiger partial charge in [0, 0.05) is 18.8 Å². The lowest BCUT2D eigenvalue weighted by atomic mass is 10.2. The van der Waals surface area contributed by atoms with Gasteiger partial charge < -0.3 is 10.1 Å². The lowest BCUT2D eigenvalue weighted by Gasteiger charge is -2.10. The van der Waals surface area contributed by atoms with Crippen molar-refractivity contribution in [3.8, 4) is 17.0 Å². The van der Waals surface area contributed by atoms with Crippen LogP contribution in [0.5, 0.6) is 5.75 Å². The molecule has 2 rings (SSSR count). The van der Waals surface area contributed by atoms with Gasteiger partial charge in [-0.1, -0.05) is 6.07 Å². The molecule has 0 bridgehead atoms. The number of hydrogen-bond acceptors (Lipinski definition) is 4. The first-order valence-corrected chi connectivity index (χ1v) is 5.96. The van der Waals surface area contributed by atoms with Crippen molar-refractivity contribution in [1.29, 1.82) is 0 Å². The van der Waals surface area contributed by atoms with Gasteiger partial charge in [0.2, 0.25) is 0 Å². The summed E-state index contributed by atoms with van der Waals surface area (Å²) in [5.74, 6) is 1.60. The summed E-state index contributed by atoms with van der Waals surface area (Å²) in [7, 11) is 1.85. The second-order valence-electron chi connectivity index (χ2n) is 4.23. The van der Waals surface area contributed by atoms with Crippen molar-refractivity contribution in [3.05, 3.63) is 36.7 Å². The molecule has 0 spiro atoms. The Labute approximate surface area is 107 Å². The van der Waals surface area contributed by atoms with Crippen molar-refractivity contribution < 1.29 is 4.74 Å². The van der Waals surface area contributed by atoms with Crippen LogP contribution in [0.2, 0.25) is 0 Å². The summed E-state index contributed by atoms with van der Waals surface area (Å²) in [6.45, 7) is 3.99. The third-order valence-electron chi connectivity index (χ3n) is 2.39. The molecule has 1 N–H and O–H groups in total. The standard InChI is InChI=1S/C14H17N3O/c1-10(2)18-12-7-11(8-16-9-12)13-5-4-6-14(15-3)17-13/h4-10H,1-3H3,(H,15,17). The quantitative estimate of drug-likeness (QED) is 0.896. The van der Waals surface area contributed by atoms with E-state index in [9.17, 15) is 0 Å². The third kappa shape index (κ3) is 2.97. The number of rotatable bonds is 4. The summed E-state index contributed by atoms with van der Waals surface area (Å²) in [6.07, 6.45) is 3.64. The van der Waals surface area contributed by atoms with Gasteiger partial charge in [-0.15, -0.1) is 0 Å². The lowest BCUT2D eigenvalue weighted by molar-refractivity contribution is 0.241. The molecule has 94 valence electrons. The van der Waals surface area contributed by atoms with Crippen molar-refractivity contribution in [2.24, 2.45) is 0 Å². The first kappa shape index (κ1) is 12.4. The van der Waals surface area contributed by atoms with E-state index in [2.05, 4.69) is 15.3 Å². The summed E-state index contributed by atoms with van der Waals surface area (Å²) in [5, 5.41) is 3.02. The van der Waals surface area contributed by atoms with E-state index in [1.807, 2.05) is 45.2 Å². The number of aromatic nitrogens is 2. The zero-order valence-corrected chi connectivity index (χ0v) is 10.8. The summed E-state index contributed by atoms with van der Waals surface area (Å²) in [5.41, 5.74) is 1.83. The summed E-state index contributed by atoms with van der Waals surface area (Å²) in [4.78, 5) is 8.66. The van der Waals surface area contributed by atoms with Crippen LogP contribution in [0, 0.1) is 0 Å². The Morgan fingerprint density at radius 2 is 2.06 bits per heavy atom. The van der Waals surface area contributed by atoms with Crippen molar-refractivity contribution in [2.75, 3.05) is 12.4 Å². The predicted molar refractivity (Wildman–Crippen MR) is 72.8 cm³/mol. The molecule has 0 fully saturated rings. The Balaban J connectivity index is 2.32. The Morgan fingerprint density at radius 3 is 2.78 bits per heavy atom. The van der Waals surface area contributed by atoms with Gasteiger partial charge in [-0.3, -0.25) is 4.98 Å². The van der Waals surface area contributed by atoms with E-state index < -0.39 is 0 Å². The van der Waals surface area contributed by atoms with Crippen LogP contribution in [0.4, 0.5) is 5.82 Å². The van der Waals surface area contributed by atoms with Gasteiger partial charge in [0.15, 0.2) is 0 Å². The highest BCUT2D eigenvalue weighted by Crippen LogP contribution is 2.22. The molecule has 4 heteroatoms. The van der Waals surface area contributed by atoms with E-state index in [4.69, 9.17) is 4.74 Å². The fraction of sp³-hybridized carbons (Fsp3) is 0.286. The van der Waals surface area contributed by atoms with Crippen LogP contribution in [-0.4, -0.2) is 23.1 Å². The average molecular weight is 243 g/mol. The zero-order chi connectivity index (χ0) is 13.0. The van der Waals surface area contributed by atoms with Crippen LogP contribution in [0.15, 0.2) is 36.7 Å². The van der Waals surface area contributed by atoms with Gasteiger partial charge in [-0.25, -0.2) is 4.98 Å². The van der Waals surface area contributed by atoms with E-state index in [0.717, 1.165) is 22.8 Å². The lowest BCUT2D eigenvalue weighted by Crippen LogP contribution is -2.05. The Morgan fingerprint density at radius 1 is 1.22 bits per heavy atom. The normalized spacial score (nSPS) is 10.4. The van der Waals surface area contributed by atoms with E-state index in [1.165, 1.54) is 0 Å². The topological polar surface area (TPSA) is 47.0 Å². The maximum atomic E-state index is 5.63. The molecular weight excluding hydrogens is 226 g/mol. The number of pyridine rings is 2. The maximum absolute atomic E-state index is 5.63. The minimum atomic E-state index is 0.138. The number of nitrogens with one attached hydrogen (secondary N) is 1. The first-order valence-electron chi connectivity index (χ1n) is 5.96. The second kappa shape index (κ2) is 5.49. The van der Waals surface area contributed by atoms with Gasteiger partial charge >= 0.3 is 0 Å². The molecule has 18 heavy (non-hydrogen) atoms. The fourth-order valence-corrected chi connectivity index (χ4v) is 1.63. The molecule has 0 aliphatic carbocycles. The SMILES string of the molecule is CNc1cccc(-c2cncc(OC(C)C)c2)n1. The highest BCUT2D eigenvalue weighted by atomic mass is 16.5. The number of anilines is 1. The van der Waals surface area contributed by atoms with Gasteiger partial charge in [-0.05, 0) is 32.0 Å². The van der Waals surface area contributed by atoms with E-state index in [1.54, 1.807) is 12.4 Å². The van der Waals surface area contributed by atoms with Crippen molar-refractivity contribution in [3.63, 3.8) is 0 Å². The molecule has 0 atom stereocenters. The predicted octanol–water partition coefficient (Wildman–Crippen LogP) is 2.97.